The molecule has 0 heterocycles. The minimum Gasteiger partial charge on any atom is -0.462 e. The summed E-state index contributed by atoms with van der Waals surface area (Å²) in [6.07, 6.45) is 0.301. The van der Waals surface area contributed by atoms with Crippen LogP contribution in [0.15, 0.2) is 42.5 Å². The van der Waals surface area contributed by atoms with Crippen LogP contribution in [0.1, 0.15) is 34.0 Å². The normalized spacial score (nSPS) is 10.2. The van der Waals surface area contributed by atoms with Crippen molar-refractivity contribution in [2.45, 2.75) is 27.2 Å². The summed E-state index contributed by atoms with van der Waals surface area (Å²) in [5.41, 5.74) is 4.28. The molecule has 0 aromatic heterocycles. The first-order chi connectivity index (χ1) is 11.0. The van der Waals surface area contributed by atoms with Gasteiger partial charge >= 0.3 is 5.97 Å². The fourth-order valence-electron chi connectivity index (χ4n) is 2.36. The van der Waals surface area contributed by atoms with Crippen molar-refractivity contribution in [1.82, 2.24) is 0 Å². The molecule has 1 N–H and O–H groups in total. The van der Waals surface area contributed by atoms with Crippen molar-refractivity contribution in [2.24, 2.45) is 0 Å². The molecule has 2 aromatic rings. The van der Waals surface area contributed by atoms with E-state index in [1.807, 2.05) is 26.0 Å². The summed E-state index contributed by atoms with van der Waals surface area (Å²) in [5, 5.41) is 2.82. The fourth-order valence-corrected chi connectivity index (χ4v) is 2.36. The molecule has 0 saturated heterocycles. The van der Waals surface area contributed by atoms with Crippen LogP contribution in [0.5, 0.6) is 0 Å². The van der Waals surface area contributed by atoms with Gasteiger partial charge in [0.1, 0.15) is 0 Å². The average Bonchev–Trinajstić information content (AvgIpc) is 2.50. The van der Waals surface area contributed by atoms with Crippen LogP contribution >= 0.6 is 0 Å². The summed E-state index contributed by atoms with van der Waals surface area (Å²) in [6.45, 7) is 6.10. The van der Waals surface area contributed by atoms with Crippen LogP contribution < -0.4 is 5.32 Å². The van der Waals surface area contributed by atoms with Gasteiger partial charge in [-0.1, -0.05) is 29.8 Å². The van der Waals surface area contributed by atoms with Gasteiger partial charge in [-0.2, -0.15) is 0 Å². The van der Waals surface area contributed by atoms with E-state index < -0.39 is 5.97 Å². The van der Waals surface area contributed by atoms with E-state index in [0.29, 0.717) is 24.3 Å². The second kappa shape index (κ2) is 7.58. The van der Waals surface area contributed by atoms with E-state index in [1.54, 1.807) is 31.2 Å². The molecule has 2 rings (SSSR count). The summed E-state index contributed by atoms with van der Waals surface area (Å²) < 4.78 is 4.96. The molecule has 0 radical (unpaired) electrons. The predicted octanol–water partition coefficient (Wildman–Crippen LogP) is 3.66. The van der Waals surface area contributed by atoms with Gasteiger partial charge < -0.3 is 10.1 Å². The molecule has 0 spiro atoms. The van der Waals surface area contributed by atoms with Crippen LogP contribution in [-0.2, 0) is 16.0 Å². The summed E-state index contributed by atoms with van der Waals surface area (Å²) in [6, 6.07) is 12.8. The zero-order chi connectivity index (χ0) is 16.8. The molecule has 120 valence electrons. The maximum absolute atomic E-state index is 12.2. The number of carbonyl (C=O) groups excluding carboxylic acids is 2. The SMILES string of the molecule is CCOC(=O)c1cccc(NC(=O)Cc2ccc(C)cc2C)c1. The summed E-state index contributed by atoms with van der Waals surface area (Å²) >= 11 is 0. The Morgan fingerprint density at radius 1 is 1.09 bits per heavy atom. The number of hydrogen-bond acceptors (Lipinski definition) is 3. The third-order valence-corrected chi connectivity index (χ3v) is 3.51. The zero-order valence-corrected chi connectivity index (χ0v) is 13.7. The van der Waals surface area contributed by atoms with E-state index in [2.05, 4.69) is 11.4 Å². The number of hydrogen-bond donors (Lipinski definition) is 1. The Labute approximate surface area is 136 Å². The number of ether oxygens (including phenoxy) is 1. The molecule has 0 bridgehead atoms. The lowest BCUT2D eigenvalue weighted by Gasteiger charge is -2.09. The highest BCUT2D eigenvalue weighted by Gasteiger charge is 2.10. The Hall–Kier alpha value is -2.62. The average molecular weight is 311 g/mol. The van der Waals surface area contributed by atoms with E-state index in [-0.39, 0.29) is 5.91 Å². The van der Waals surface area contributed by atoms with Gasteiger partial charge in [0, 0.05) is 5.69 Å². The highest BCUT2D eigenvalue weighted by atomic mass is 16.5. The van der Waals surface area contributed by atoms with Crippen molar-refractivity contribution in [3.05, 3.63) is 64.7 Å². The topological polar surface area (TPSA) is 55.4 Å². The zero-order valence-electron chi connectivity index (χ0n) is 13.7. The molecule has 2 aromatic carbocycles. The van der Waals surface area contributed by atoms with Crippen molar-refractivity contribution >= 4 is 17.6 Å². The minimum atomic E-state index is -0.391. The van der Waals surface area contributed by atoms with Gasteiger partial charge in [-0.15, -0.1) is 0 Å². The van der Waals surface area contributed by atoms with E-state index in [4.69, 9.17) is 4.74 Å². The molecule has 0 aliphatic rings. The second-order valence-corrected chi connectivity index (χ2v) is 5.46. The maximum Gasteiger partial charge on any atom is 0.338 e. The standard InChI is InChI=1S/C19H21NO3/c1-4-23-19(22)16-6-5-7-17(11-16)20-18(21)12-15-9-8-13(2)10-14(15)3/h5-11H,4,12H2,1-3H3,(H,20,21). The Morgan fingerprint density at radius 3 is 2.57 bits per heavy atom. The largest absolute Gasteiger partial charge is 0.462 e. The molecule has 23 heavy (non-hydrogen) atoms. The lowest BCUT2D eigenvalue weighted by molar-refractivity contribution is -0.115. The number of carbonyl (C=O) groups is 2. The van der Waals surface area contributed by atoms with Gasteiger partial charge in [0.05, 0.1) is 18.6 Å². The molecule has 0 saturated carbocycles. The molecule has 0 fully saturated rings. The number of benzene rings is 2. The van der Waals surface area contributed by atoms with Crippen LogP contribution in [0.25, 0.3) is 0 Å². The Morgan fingerprint density at radius 2 is 1.87 bits per heavy atom. The van der Waals surface area contributed by atoms with Crippen molar-refractivity contribution in [1.29, 1.82) is 0 Å². The van der Waals surface area contributed by atoms with Gasteiger partial charge in [0.15, 0.2) is 0 Å². The fraction of sp³-hybridized carbons (Fsp3) is 0.263. The molecular weight excluding hydrogens is 290 g/mol. The first kappa shape index (κ1) is 16.7. The van der Waals surface area contributed by atoms with Crippen molar-refractivity contribution in [3.63, 3.8) is 0 Å². The first-order valence-corrected chi connectivity index (χ1v) is 7.62. The molecule has 0 unspecified atom stereocenters. The first-order valence-electron chi connectivity index (χ1n) is 7.62. The number of anilines is 1. The van der Waals surface area contributed by atoms with Gasteiger partial charge in [-0.25, -0.2) is 4.79 Å². The van der Waals surface area contributed by atoms with Crippen LogP contribution in [0.4, 0.5) is 5.69 Å². The number of nitrogens with one attached hydrogen (secondary N) is 1. The smallest absolute Gasteiger partial charge is 0.338 e. The third kappa shape index (κ3) is 4.68. The number of rotatable bonds is 5. The van der Waals surface area contributed by atoms with Crippen molar-refractivity contribution in [3.8, 4) is 0 Å². The van der Waals surface area contributed by atoms with E-state index in [0.717, 1.165) is 11.1 Å². The molecule has 0 aliphatic carbocycles. The number of aryl methyl sites for hydroxylation is 2. The lowest BCUT2D eigenvalue weighted by atomic mass is 10.0. The second-order valence-electron chi connectivity index (χ2n) is 5.46. The Bertz CT molecular complexity index is 722. The summed E-state index contributed by atoms with van der Waals surface area (Å²) in [4.78, 5) is 23.9. The summed E-state index contributed by atoms with van der Waals surface area (Å²) in [5.74, 6) is -0.504. The van der Waals surface area contributed by atoms with Crippen molar-refractivity contribution in [2.75, 3.05) is 11.9 Å². The van der Waals surface area contributed by atoms with Gasteiger partial charge in [-0.05, 0) is 50.1 Å². The monoisotopic (exact) mass is 311 g/mol. The molecular formula is C19H21NO3. The van der Waals surface area contributed by atoms with Crippen LogP contribution in [0, 0.1) is 13.8 Å². The van der Waals surface area contributed by atoms with Gasteiger partial charge in [0.25, 0.3) is 0 Å². The van der Waals surface area contributed by atoms with Gasteiger partial charge in [-0.3, -0.25) is 4.79 Å². The van der Waals surface area contributed by atoms with Crippen LogP contribution in [0.2, 0.25) is 0 Å². The minimum absolute atomic E-state index is 0.113. The van der Waals surface area contributed by atoms with Crippen LogP contribution in [-0.4, -0.2) is 18.5 Å². The third-order valence-electron chi connectivity index (χ3n) is 3.51. The number of amides is 1. The highest BCUT2D eigenvalue weighted by molar-refractivity contribution is 5.95. The molecule has 0 aliphatic heterocycles. The highest BCUT2D eigenvalue weighted by Crippen LogP contribution is 2.15. The van der Waals surface area contributed by atoms with E-state index >= 15 is 0 Å². The Kier molecular flexibility index (Phi) is 5.52. The van der Waals surface area contributed by atoms with Gasteiger partial charge in [0.2, 0.25) is 5.91 Å². The molecule has 4 heteroatoms. The number of esters is 1. The molecule has 1 amide bonds. The van der Waals surface area contributed by atoms with Crippen LogP contribution in [0.3, 0.4) is 0 Å². The quantitative estimate of drug-likeness (QED) is 0.857. The maximum atomic E-state index is 12.2. The Balaban J connectivity index is 2.05. The predicted molar refractivity (Wildman–Crippen MR) is 90.6 cm³/mol. The lowest BCUT2D eigenvalue weighted by Crippen LogP contribution is -2.15. The molecule has 0 atom stereocenters. The van der Waals surface area contributed by atoms with Crippen molar-refractivity contribution < 1.29 is 14.3 Å². The van der Waals surface area contributed by atoms with E-state index in [1.165, 1.54) is 5.56 Å². The summed E-state index contributed by atoms with van der Waals surface area (Å²) in [7, 11) is 0. The van der Waals surface area contributed by atoms with E-state index in [9.17, 15) is 9.59 Å². The molecule has 4 nitrogen and oxygen atoms in total.